The van der Waals surface area contributed by atoms with Gasteiger partial charge in [-0.3, -0.25) is 0 Å². The highest BCUT2D eigenvalue weighted by Gasteiger charge is 2.11. The van der Waals surface area contributed by atoms with Crippen molar-refractivity contribution in [2.45, 2.75) is 38.8 Å². The Kier molecular flexibility index (Phi) is 5.50. The third-order valence-corrected chi connectivity index (χ3v) is 3.28. The Hall–Kier alpha value is -0.860. The van der Waals surface area contributed by atoms with Crippen LogP contribution in [0.3, 0.4) is 0 Å². The van der Waals surface area contributed by atoms with Crippen LogP contribution >= 0.6 is 0 Å². The Labute approximate surface area is 98.9 Å². The molecule has 0 fully saturated rings. The number of aliphatic hydroxyl groups excluding tert-OH is 1. The van der Waals surface area contributed by atoms with E-state index in [-0.39, 0.29) is 6.10 Å². The molecule has 2 nitrogen and oxygen atoms in total. The summed E-state index contributed by atoms with van der Waals surface area (Å²) < 4.78 is 0. The summed E-state index contributed by atoms with van der Waals surface area (Å²) in [6.07, 6.45) is 1.61. The number of hydrogen-bond donors (Lipinski definition) is 1. The third kappa shape index (κ3) is 3.95. The molecule has 1 N–H and O–H groups in total. The van der Waals surface area contributed by atoms with E-state index in [0.29, 0.717) is 6.04 Å². The van der Waals surface area contributed by atoms with E-state index in [0.717, 1.165) is 24.9 Å². The quantitative estimate of drug-likeness (QED) is 0.798. The van der Waals surface area contributed by atoms with E-state index < -0.39 is 0 Å². The van der Waals surface area contributed by atoms with Gasteiger partial charge in [0.05, 0.1) is 6.10 Å². The van der Waals surface area contributed by atoms with Gasteiger partial charge in [0.15, 0.2) is 0 Å². The SMILES string of the molecule is CCC(C)N(C)CCC(O)c1ccccc1. The number of rotatable bonds is 6. The highest BCUT2D eigenvalue weighted by molar-refractivity contribution is 5.17. The van der Waals surface area contributed by atoms with Crippen LogP contribution in [0.2, 0.25) is 0 Å². The molecule has 2 unspecified atom stereocenters. The molecule has 0 aliphatic rings. The minimum atomic E-state index is -0.340. The summed E-state index contributed by atoms with van der Waals surface area (Å²) in [5.74, 6) is 0. The molecule has 1 aromatic rings. The van der Waals surface area contributed by atoms with Gasteiger partial charge in [0, 0.05) is 12.6 Å². The summed E-state index contributed by atoms with van der Waals surface area (Å²) in [5.41, 5.74) is 1.01. The highest BCUT2D eigenvalue weighted by Crippen LogP contribution is 2.16. The average molecular weight is 221 g/mol. The lowest BCUT2D eigenvalue weighted by Crippen LogP contribution is -2.30. The van der Waals surface area contributed by atoms with Crippen LogP contribution in [0.15, 0.2) is 30.3 Å². The van der Waals surface area contributed by atoms with Gasteiger partial charge in [0.25, 0.3) is 0 Å². The van der Waals surface area contributed by atoms with Crippen molar-refractivity contribution in [3.05, 3.63) is 35.9 Å². The minimum absolute atomic E-state index is 0.340. The van der Waals surface area contributed by atoms with Gasteiger partial charge in [-0.05, 0) is 32.4 Å². The molecule has 16 heavy (non-hydrogen) atoms. The first-order valence-corrected chi connectivity index (χ1v) is 6.08. The number of aliphatic hydroxyl groups is 1. The molecule has 1 aromatic carbocycles. The molecule has 90 valence electrons. The maximum atomic E-state index is 10.00. The van der Waals surface area contributed by atoms with Crippen molar-refractivity contribution in [1.29, 1.82) is 0 Å². The van der Waals surface area contributed by atoms with Crippen molar-refractivity contribution < 1.29 is 5.11 Å². The molecule has 0 aliphatic carbocycles. The van der Waals surface area contributed by atoms with Crippen LogP contribution in [0.25, 0.3) is 0 Å². The molecule has 0 amide bonds. The van der Waals surface area contributed by atoms with E-state index in [1.54, 1.807) is 0 Å². The monoisotopic (exact) mass is 221 g/mol. The standard InChI is InChI=1S/C14H23NO/c1-4-12(2)15(3)11-10-14(16)13-8-6-5-7-9-13/h5-9,12,14,16H,4,10-11H2,1-3H3. The molecule has 2 atom stereocenters. The summed E-state index contributed by atoms with van der Waals surface area (Å²) in [6.45, 7) is 5.34. The van der Waals surface area contributed by atoms with Crippen LogP contribution in [0, 0.1) is 0 Å². The zero-order valence-corrected chi connectivity index (χ0v) is 10.6. The van der Waals surface area contributed by atoms with Crippen LogP contribution in [-0.2, 0) is 0 Å². The van der Waals surface area contributed by atoms with Gasteiger partial charge in [-0.2, -0.15) is 0 Å². The fourth-order valence-electron chi connectivity index (χ4n) is 1.70. The van der Waals surface area contributed by atoms with E-state index in [1.807, 2.05) is 30.3 Å². The Morgan fingerprint density at radius 2 is 1.88 bits per heavy atom. The maximum Gasteiger partial charge on any atom is 0.0802 e. The summed E-state index contributed by atoms with van der Waals surface area (Å²) >= 11 is 0. The molecule has 0 aromatic heterocycles. The van der Waals surface area contributed by atoms with Gasteiger partial charge in [-0.1, -0.05) is 37.3 Å². The smallest absolute Gasteiger partial charge is 0.0802 e. The number of nitrogens with zero attached hydrogens (tertiary/aromatic N) is 1. The lowest BCUT2D eigenvalue weighted by molar-refractivity contribution is 0.138. The van der Waals surface area contributed by atoms with E-state index in [1.165, 1.54) is 0 Å². The normalized spacial score (nSPS) is 15.1. The van der Waals surface area contributed by atoms with Crippen LogP contribution in [-0.4, -0.2) is 29.6 Å². The molecule has 0 spiro atoms. The van der Waals surface area contributed by atoms with Crippen molar-refractivity contribution >= 4 is 0 Å². The molecule has 0 saturated carbocycles. The van der Waals surface area contributed by atoms with Gasteiger partial charge >= 0.3 is 0 Å². The summed E-state index contributed by atoms with van der Waals surface area (Å²) in [6, 6.07) is 10.5. The van der Waals surface area contributed by atoms with Gasteiger partial charge < -0.3 is 10.0 Å². The Balaban J connectivity index is 2.38. The van der Waals surface area contributed by atoms with Crippen LogP contribution in [0.1, 0.15) is 38.4 Å². The second-order valence-electron chi connectivity index (χ2n) is 4.45. The molecular formula is C14H23NO. The zero-order chi connectivity index (χ0) is 12.0. The van der Waals surface area contributed by atoms with Crippen molar-refractivity contribution in [3.8, 4) is 0 Å². The average Bonchev–Trinajstić information content (AvgIpc) is 2.35. The first-order chi connectivity index (χ1) is 7.65. The topological polar surface area (TPSA) is 23.5 Å². The van der Waals surface area contributed by atoms with E-state index in [2.05, 4.69) is 25.8 Å². The van der Waals surface area contributed by atoms with Crippen molar-refractivity contribution in [3.63, 3.8) is 0 Å². The highest BCUT2D eigenvalue weighted by atomic mass is 16.3. The Morgan fingerprint density at radius 3 is 2.44 bits per heavy atom. The second-order valence-corrected chi connectivity index (χ2v) is 4.45. The summed E-state index contributed by atoms with van der Waals surface area (Å²) in [5, 5.41) is 10.00. The second kappa shape index (κ2) is 6.66. The number of hydrogen-bond acceptors (Lipinski definition) is 2. The van der Waals surface area contributed by atoms with Crippen molar-refractivity contribution in [2.24, 2.45) is 0 Å². The molecule has 0 radical (unpaired) electrons. The minimum Gasteiger partial charge on any atom is -0.388 e. The van der Waals surface area contributed by atoms with E-state index in [9.17, 15) is 5.11 Å². The first kappa shape index (κ1) is 13.2. The van der Waals surface area contributed by atoms with Gasteiger partial charge in [-0.15, -0.1) is 0 Å². The molecule has 0 bridgehead atoms. The van der Waals surface area contributed by atoms with Crippen LogP contribution in [0.4, 0.5) is 0 Å². The molecule has 0 heterocycles. The maximum absolute atomic E-state index is 10.00. The lowest BCUT2D eigenvalue weighted by Gasteiger charge is -2.24. The zero-order valence-electron chi connectivity index (χ0n) is 10.6. The number of benzene rings is 1. The largest absolute Gasteiger partial charge is 0.388 e. The van der Waals surface area contributed by atoms with Crippen molar-refractivity contribution in [1.82, 2.24) is 4.90 Å². The Bertz CT molecular complexity index is 286. The van der Waals surface area contributed by atoms with E-state index in [4.69, 9.17) is 0 Å². The predicted octanol–water partition coefficient (Wildman–Crippen LogP) is 2.84. The van der Waals surface area contributed by atoms with Gasteiger partial charge in [-0.25, -0.2) is 0 Å². The first-order valence-electron chi connectivity index (χ1n) is 6.08. The molecule has 1 rings (SSSR count). The fourth-order valence-corrected chi connectivity index (χ4v) is 1.70. The van der Waals surface area contributed by atoms with Gasteiger partial charge in [0.1, 0.15) is 0 Å². The molecular weight excluding hydrogens is 198 g/mol. The van der Waals surface area contributed by atoms with E-state index >= 15 is 0 Å². The molecule has 0 aliphatic heterocycles. The summed E-state index contributed by atoms with van der Waals surface area (Å²) in [4.78, 5) is 2.30. The van der Waals surface area contributed by atoms with Gasteiger partial charge in [0.2, 0.25) is 0 Å². The lowest BCUT2D eigenvalue weighted by atomic mass is 10.1. The molecule has 2 heteroatoms. The fraction of sp³-hybridized carbons (Fsp3) is 0.571. The van der Waals surface area contributed by atoms with Crippen molar-refractivity contribution in [2.75, 3.05) is 13.6 Å². The molecule has 0 saturated heterocycles. The predicted molar refractivity (Wildman–Crippen MR) is 68.4 cm³/mol. The third-order valence-electron chi connectivity index (χ3n) is 3.28. The van der Waals surface area contributed by atoms with Crippen LogP contribution < -0.4 is 0 Å². The van der Waals surface area contributed by atoms with Crippen LogP contribution in [0.5, 0.6) is 0 Å². The Morgan fingerprint density at radius 1 is 1.25 bits per heavy atom. The summed E-state index contributed by atoms with van der Waals surface area (Å²) in [7, 11) is 2.12.